The van der Waals surface area contributed by atoms with Crippen LogP contribution in [0.4, 0.5) is 4.79 Å². The average molecular weight is 212 g/mol. The molecule has 0 fully saturated rings. The molecule has 15 heavy (non-hydrogen) atoms. The Morgan fingerprint density at radius 2 is 2.27 bits per heavy atom. The number of nitrogens with zero attached hydrogens (tertiary/aromatic N) is 2. The molecule has 1 aromatic heterocycles. The van der Waals surface area contributed by atoms with E-state index >= 15 is 0 Å². The van der Waals surface area contributed by atoms with Crippen LogP contribution in [0.5, 0.6) is 0 Å². The number of aromatic nitrogens is 2. The third kappa shape index (κ3) is 4.12. The first-order valence-electron chi connectivity index (χ1n) is 4.30. The fourth-order valence-electron chi connectivity index (χ4n) is 0.947. The van der Waals surface area contributed by atoms with Gasteiger partial charge in [-0.15, -0.1) is 0 Å². The van der Waals surface area contributed by atoms with Crippen LogP contribution in [0.15, 0.2) is 12.3 Å². The number of hydrogen-bond acceptors (Lipinski definition) is 3. The van der Waals surface area contributed by atoms with Gasteiger partial charge in [0.15, 0.2) is 0 Å². The standard InChI is InChI=1S/C8H12N4O3/c1-12-3-2-6(11-12)4-9-8(15)10-5-7(13)14/h2-3H,4-5H2,1H3,(H,13,14)(H2,9,10,15). The predicted molar refractivity (Wildman–Crippen MR) is 51.1 cm³/mol. The maximum Gasteiger partial charge on any atom is 0.323 e. The molecule has 2 amide bonds. The van der Waals surface area contributed by atoms with Gasteiger partial charge in [0.1, 0.15) is 6.54 Å². The Hall–Kier alpha value is -2.05. The van der Waals surface area contributed by atoms with Gasteiger partial charge in [-0.1, -0.05) is 0 Å². The number of aliphatic carboxylic acids is 1. The van der Waals surface area contributed by atoms with Crippen molar-refractivity contribution in [3.05, 3.63) is 18.0 Å². The first-order chi connectivity index (χ1) is 7.08. The van der Waals surface area contributed by atoms with E-state index in [0.29, 0.717) is 5.69 Å². The number of carbonyl (C=O) groups excluding carboxylic acids is 1. The molecule has 82 valence electrons. The minimum absolute atomic E-state index is 0.270. The van der Waals surface area contributed by atoms with Gasteiger partial charge < -0.3 is 15.7 Å². The van der Waals surface area contributed by atoms with Crippen LogP contribution in [0.1, 0.15) is 5.69 Å². The van der Waals surface area contributed by atoms with E-state index < -0.39 is 18.5 Å². The molecule has 0 aliphatic carbocycles. The summed E-state index contributed by atoms with van der Waals surface area (Å²) in [6.07, 6.45) is 1.76. The molecule has 0 aliphatic rings. The van der Waals surface area contributed by atoms with Crippen LogP contribution in [0.3, 0.4) is 0 Å². The van der Waals surface area contributed by atoms with E-state index in [4.69, 9.17) is 5.11 Å². The van der Waals surface area contributed by atoms with Crippen molar-refractivity contribution in [1.29, 1.82) is 0 Å². The highest BCUT2D eigenvalue weighted by atomic mass is 16.4. The van der Waals surface area contributed by atoms with Gasteiger partial charge in [-0.05, 0) is 6.07 Å². The number of hydrogen-bond donors (Lipinski definition) is 3. The van der Waals surface area contributed by atoms with Crippen LogP contribution < -0.4 is 10.6 Å². The highest BCUT2D eigenvalue weighted by Crippen LogP contribution is 1.92. The minimum atomic E-state index is -1.08. The summed E-state index contributed by atoms with van der Waals surface area (Å²) in [6.45, 7) is -0.125. The van der Waals surface area contributed by atoms with Crippen LogP contribution in [-0.4, -0.2) is 33.4 Å². The van der Waals surface area contributed by atoms with Gasteiger partial charge in [-0.25, -0.2) is 4.79 Å². The van der Waals surface area contributed by atoms with E-state index in [2.05, 4.69) is 15.7 Å². The van der Waals surface area contributed by atoms with Crippen molar-refractivity contribution in [1.82, 2.24) is 20.4 Å². The molecule has 7 nitrogen and oxygen atoms in total. The maximum absolute atomic E-state index is 11.0. The second-order valence-electron chi connectivity index (χ2n) is 2.91. The molecular formula is C8H12N4O3. The van der Waals surface area contributed by atoms with Crippen molar-refractivity contribution in [3.8, 4) is 0 Å². The molecule has 0 unspecified atom stereocenters. The summed E-state index contributed by atoms with van der Waals surface area (Å²) in [5, 5.41) is 17.0. The quantitative estimate of drug-likeness (QED) is 0.615. The molecule has 1 aromatic rings. The van der Waals surface area contributed by atoms with Crippen molar-refractivity contribution >= 4 is 12.0 Å². The second kappa shape index (κ2) is 4.99. The van der Waals surface area contributed by atoms with Crippen LogP contribution in [-0.2, 0) is 18.4 Å². The summed E-state index contributed by atoms with van der Waals surface area (Å²) < 4.78 is 1.62. The topological polar surface area (TPSA) is 96.2 Å². The first-order valence-corrected chi connectivity index (χ1v) is 4.30. The summed E-state index contributed by atoms with van der Waals surface area (Å²) in [5.41, 5.74) is 0.711. The molecule has 1 rings (SSSR count). The molecular weight excluding hydrogens is 200 g/mol. The number of rotatable bonds is 4. The summed E-state index contributed by atoms with van der Waals surface area (Å²) in [5.74, 6) is -1.08. The van der Waals surface area contributed by atoms with Gasteiger partial charge >= 0.3 is 12.0 Å². The number of nitrogens with one attached hydrogen (secondary N) is 2. The predicted octanol–water partition coefficient (Wildman–Crippen LogP) is -0.696. The lowest BCUT2D eigenvalue weighted by molar-refractivity contribution is -0.135. The van der Waals surface area contributed by atoms with E-state index in [1.165, 1.54) is 0 Å². The highest BCUT2D eigenvalue weighted by molar-refractivity contribution is 5.79. The number of carboxylic acid groups (broad SMARTS) is 1. The molecule has 0 saturated carbocycles. The molecule has 0 saturated heterocycles. The van der Waals surface area contributed by atoms with Crippen molar-refractivity contribution in [2.75, 3.05) is 6.54 Å². The van der Waals surface area contributed by atoms with Gasteiger partial charge in [-0.3, -0.25) is 9.48 Å². The van der Waals surface area contributed by atoms with E-state index in [1.807, 2.05) is 0 Å². The summed E-state index contributed by atoms with van der Waals surface area (Å²) in [6, 6.07) is 1.24. The molecule has 0 bridgehead atoms. The zero-order valence-corrected chi connectivity index (χ0v) is 8.23. The maximum atomic E-state index is 11.0. The summed E-state index contributed by atoms with van der Waals surface area (Å²) in [4.78, 5) is 21.1. The lowest BCUT2D eigenvalue weighted by Gasteiger charge is -2.03. The van der Waals surface area contributed by atoms with Crippen molar-refractivity contribution in [2.45, 2.75) is 6.54 Å². The second-order valence-corrected chi connectivity index (χ2v) is 2.91. The zero-order valence-electron chi connectivity index (χ0n) is 8.23. The van der Waals surface area contributed by atoms with E-state index in [-0.39, 0.29) is 6.54 Å². The van der Waals surface area contributed by atoms with Crippen molar-refractivity contribution in [2.24, 2.45) is 7.05 Å². The normalized spacial score (nSPS) is 9.67. The molecule has 0 aromatic carbocycles. The molecule has 0 spiro atoms. The molecule has 0 aliphatic heterocycles. The highest BCUT2D eigenvalue weighted by Gasteiger charge is 2.03. The van der Waals surface area contributed by atoms with Crippen LogP contribution in [0, 0.1) is 0 Å². The zero-order chi connectivity index (χ0) is 11.3. The Kier molecular flexibility index (Phi) is 3.67. The van der Waals surface area contributed by atoms with Gasteiger partial charge in [0.05, 0.1) is 12.2 Å². The molecule has 7 heteroatoms. The third-order valence-electron chi connectivity index (χ3n) is 1.60. The molecule has 0 radical (unpaired) electrons. The Bertz CT molecular complexity index is 361. The molecule has 3 N–H and O–H groups in total. The van der Waals surface area contributed by atoms with E-state index in [9.17, 15) is 9.59 Å². The van der Waals surface area contributed by atoms with Gasteiger partial charge in [0.2, 0.25) is 0 Å². The van der Waals surface area contributed by atoms with Crippen molar-refractivity contribution < 1.29 is 14.7 Å². The molecule has 0 atom stereocenters. The smallest absolute Gasteiger partial charge is 0.323 e. The van der Waals surface area contributed by atoms with Gasteiger partial charge in [0, 0.05) is 13.2 Å². The first kappa shape index (κ1) is 11.0. The SMILES string of the molecule is Cn1ccc(CNC(=O)NCC(=O)O)n1. The Morgan fingerprint density at radius 1 is 1.53 bits per heavy atom. The number of amides is 2. The van der Waals surface area contributed by atoms with E-state index in [0.717, 1.165) is 0 Å². The monoisotopic (exact) mass is 212 g/mol. The van der Waals surface area contributed by atoms with Crippen LogP contribution in [0.25, 0.3) is 0 Å². The number of carboxylic acids is 1. The van der Waals surface area contributed by atoms with Crippen LogP contribution >= 0.6 is 0 Å². The van der Waals surface area contributed by atoms with Crippen LogP contribution in [0.2, 0.25) is 0 Å². The lowest BCUT2D eigenvalue weighted by Crippen LogP contribution is -2.38. The average Bonchev–Trinajstić information content (AvgIpc) is 2.58. The molecule has 1 heterocycles. The summed E-state index contributed by atoms with van der Waals surface area (Å²) >= 11 is 0. The fraction of sp³-hybridized carbons (Fsp3) is 0.375. The largest absolute Gasteiger partial charge is 0.480 e. The Labute approximate surface area is 86.1 Å². The minimum Gasteiger partial charge on any atom is -0.480 e. The Balaban J connectivity index is 2.25. The lowest BCUT2D eigenvalue weighted by atomic mass is 10.4. The summed E-state index contributed by atoms with van der Waals surface area (Å²) in [7, 11) is 1.77. The fourth-order valence-corrected chi connectivity index (χ4v) is 0.947. The number of carbonyl (C=O) groups is 2. The van der Waals surface area contributed by atoms with Gasteiger partial charge in [-0.2, -0.15) is 5.10 Å². The van der Waals surface area contributed by atoms with Gasteiger partial charge in [0.25, 0.3) is 0 Å². The van der Waals surface area contributed by atoms with Crippen molar-refractivity contribution in [3.63, 3.8) is 0 Å². The third-order valence-corrected chi connectivity index (χ3v) is 1.60. The van der Waals surface area contributed by atoms with E-state index in [1.54, 1.807) is 24.0 Å². The number of urea groups is 1. The number of aryl methyl sites for hydroxylation is 1. The Morgan fingerprint density at radius 3 is 2.80 bits per heavy atom.